The van der Waals surface area contributed by atoms with Crippen molar-refractivity contribution in [2.24, 2.45) is 5.92 Å². The minimum absolute atomic E-state index is 0.0191. The Labute approximate surface area is 191 Å². The molecule has 0 aliphatic carbocycles. The molecule has 32 heavy (non-hydrogen) atoms. The van der Waals surface area contributed by atoms with Crippen molar-refractivity contribution in [2.45, 2.75) is 71.9 Å². The van der Waals surface area contributed by atoms with E-state index in [2.05, 4.69) is 25.2 Å². The monoisotopic (exact) mass is 434 g/mol. The zero-order valence-electron chi connectivity index (χ0n) is 19.8. The van der Waals surface area contributed by atoms with Crippen molar-refractivity contribution in [3.8, 4) is 6.07 Å². The second-order valence-electron chi connectivity index (χ2n) is 9.18. The topological polar surface area (TPSA) is 79.2 Å². The Bertz CT molecular complexity index is 935. The highest BCUT2D eigenvalue weighted by Gasteiger charge is 2.19. The summed E-state index contributed by atoms with van der Waals surface area (Å²) in [5.74, 6) is 0.131. The Morgan fingerprint density at radius 3 is 2.19 bits per heavy atom. The van der Waals surface area contributed by atoms with Crippen LogP contribution in [-0.2, 0) is 9.53 Å². The van der Waals surface area contributed by atoms with Gasteiger partial charge in [0.25, 0.3) is 0 Å². The van der Waals surface area contributed by atoms with Crippen molar-refractivity contribution < 1.29 is 14.3 Å². The molecular weight excluding hydrogens is 400 g/mol. The van der Waals surface area contributed by atoms with Gasteiger partial charge < -0.3 is 10.1 Å². The molecule has 5 heteroatoms. The molecule has 1 unspecified atom stereocenters. The number of rotatable bonds is 10. The summed E-state index contributed by atoms with van der Waals surface area (Å²) in [5, 5.41) is 12.6. The summed E-state index contributed by atoms with van der Waals surface area (Å²) >= 11 is 0. The van der Waals surface area contributed by atoms with Crippen LogP contribution in [0.1, 0.15) is 87.8 Å². The first kappa shape index (κ1) is 25.1. The number of ketones is 1. The zero-order chi connectivity index (χ0) is 23.7. The molecule has 0 spiro atoms. The molecule has 5 nitrogen and oxygen atoms in total. The van der Waals surface area contributed by atoms with Crippen molar-refractivity contribution in [1.82, 2.24) is 0 Å². The molecule has 0 heterocycles. The number of carbonyl (C=O) groups is 2. The molecule has 0 aliphatic heterocycles. The van der Waals surface area contributed by atoms with Gasteiger partial charge in [-0.05, 0) is 75.1 Å². The zero-order valence-corrected chi connectivity index (χ0v) is 19.8. The molecule has 0 aliphatic rings. The Morgan fingerprint density at radius 1 is 1.03 bits per heavy atom. The van der Waals surface area contributed by atoms with E-state index < -0.39 is 5.60 Å². The van der Waals surface area contributed by atoms with Gasteiger partial charge in [-0.15, -0.1) is 0 Å². The second kappa shape index (κ2) is 11.5. The van der Waals surface area contributed by atoms with Crippen LogP contribution in [0.5, 0.6) is 0 Å². The average molecular weight is 435 g/mol. The largest absolute Gasteiger partial charge is 0.460 e. The highest BCUT2D eigenvalue weighted by atomic mass is 16.6. The summed E-state index contributed by atoms with van der Waals surface area (Å²) in [7, 11) is 0. The summed E-state index contributed by atoms with van der Waals surface area (Å²) in [6, 6.07) is 17.4. The number of esters is 1. The van der Waals surface area contributed by atoms with E-state index in [-0.39, 0.29) is 24.2 Å². The van der Waals surface area contributed by atoms with Crippen LogP contribution in [0, 0.1) is 17.2 Å². The number of benzene rings is 2. The van der Waals surface area contributed by atoms with Crippen molar-refractivity contribution in [2.75, 3.05) is 5.32 Å². The van der Waals surface area contributed by atoms with E-state index in [9.17, 15) is 9.59 Å². The number of carbonyl (C=O) groups excluding carboxylic acids is 2. The Hall–Kier alpha value is -3.13. The SMILES string of the molecule is CCC(C)[C@H](Nc1ccc(C(=O)CCCC(=O)OC(C)(C)C)cc1)c1ccc(C#N)cc1. The van der Waals surface area contributed by atoms with Crippen LogP contribution in [0.15, 0.2) is 48.5 Å². The van der Waals surface area contributed by atoms with Gasteiger partial charge in [0, 0.05) is 24.1 Å². The fraction of sp³-hybridized carbons (Fsp3) is 0.444. The van der Waals surface area contributed by atoms with Crippen LogP contribution < -0.4 is 5.32 Å². The van der Waals surface area contributed by atoms with E-state index in [1.54, 1.807) is 0 Å². The maximum Gasteiger partial charge on any atom is 0.306 e. The molecule has 170 valence electrons. The molecule has 2 aromatic carbocycles. The van der Waals surface area contributed by atoms with E-state index in [0.717, 1.165) is 17.7 Å². The summed E-state index contributed by atoms with van der Waals surface area (Å²) < 4.78 is 5.28. The number of Topliss-reactive ketones (excluding diaryl/α,β-unsaturated/α-hetero) is 1. The van der Waals surface area contributed by atoms with Gasteiger partial charge in [0.2, 0.25) is 0 Å². The van der Waals surface area contributed by atoms with Gasteiger partial charge in [-0.2, -0.15) is 5.26 Å². The molecule has 0 amide bonds. The molecule has 2 aromatic rings. The predicted molar refractivity (Wildman–Crippen MR) is 127 cm³/mol. The molecule has 0 saturated heterocycles. The van der Waals surface area contributed by atoms with Gasteiger partial charge in [-0.3, -0.25) is 9.59 Å². The molecule has 1 N–H and O–H groups in total. The lowest BCUT2D eigenvalue weighted by molar-refractivity contribution is -0.154. The quantitative estimate of drug-likeness (QED) is 0.343. The predicted octanol–water partition coefficient (Wildman–Crippen LogP) is 6.45. The lowest BCUT2D eigenvalue weighted by Gasteiger charge is -2.26. The van der Waals surface area contributed by atoms with Crippen LogP contribution in [-0.4, -0.2) is 17.4 Å². The van der Waals surface area contributed by atoms with Crippen LogP contribution in [0.25, 0.3) is 0 Å². The van der Waals surface area contributed by atoms with Gasteiger partial charge in [0.1, 0.15) is 5.60 Å². The van der Waals surface area contributed by atoms with Gasteiger partial charge in [-0.1, -0.05) is 32.4 Å². The molecule has 2 atom stereocenters. The van der Waals surface area contributed by atoms with Crippen LogP contribution >= 0.6 is 0 Å². The standard InChI is InChI=1S/C27H34N2O3/c1-6-19(2)26(22-12-10-20(18-28)11-13-22)29-23-16-14-21(15-17-23)24(30)8-7-9-25(31)32-27(3,4)5/h10-17,19,26,29H,6-9H2,1-5H3/t19?,26-/m0/s1. The minimum Gasteiger partial charge on any atom is -0.460 e. The maximum atomic E-state index is 12.5. The van der Waals surface area contributed by atoms with Crippen LogP contribution in [0.4, 0.5) is 5.69 Å². The normalized spacial score (nSPS) is 13.0. The summed E-state index contributed by atoms with van der Waals surface area (Å²) in [5.41, 5.74) is 2.84. The molecule has 0 bridgehead atoms. The summed E-state index contributed by atoms with van der Waals surface area (Å²) in [6.07, 6.45) is 2.03. The second-order valence-corrected chi connectivity index (χ2v) is 9.18. The van der Waals surface area contributed by atoms with Crippen molar-refractivity contribution in [1.29, 1.82) is 5.26 Å². The van der Waals surface area contributed by atoms with Gasteiger partial charge in [-0.25, -0.2) is 0 Å². The number of anilines is 1. The average Bonchev–Trinajstić information content (AvgIpc) is 2.76. The lowest BCUT2D eigenvalue weighted by atomic mass is 9.91. The number of nitriles is 1. The van der Waals surface area contributed by atoms with Crippen molar-refractivity contribution in [3.63, 3.8) is 0 Å². The lowest BCUT2D eigenvalue weighted by Crippen LogP contribution is -2.23. The first-order chi connectivity index (χ1) is 15.1. The number of nitrogens with one attached hydrogen (secondary N) is 1. The number of nitrogens with zero attached hydrogens (tertiary/aromatic N) is 1. The number of hydrogen-bond acceptors (Lipinski definition) is 5. The molecule has 0 radical (unpaired) electrons. The van der Waals surface area contributed by atoms with E-state index in [1.165, 1.54) is 0 Å². The third-order valence-electron chi connectivity index (χ3n) is 5.35. The van der Waals surface area contributed by atoms with E-state index in [0.29, 0.717) is 29.9 Å². The number of ether oxygens (including phenoxy) is 1. The van der Waals surface area contributed by atoms with Gasteiger partial charge in [0.05, 0.1) is 17.7 Å². The van der Waals surface area contributed by atoms with Gasteiger partial charge in [0.15, 0.2) is 5.78 Å². The third-order valence-corrected chi connectivity index (χ3v) is 5.35. The molecule has 0 fully saturated rings. The fourth-order valence-corrected chi connectivity index (χ4v) is 3.42. The van der Waals surface area contributed by atoms with Crippen molar-refractivity contribution >= 4 is 17.4 Å². The molecule has 0 saturated carbocycles. The Kier molecular flexibility index (Phi) is 9.02. The molecule has 0 aromatic heterocycles. The smallest absolute Gasteiger partial charge is 0.306 e. The van der Waals surface area contributed by atoms with Crippen LogP contribution in [0.3, 0.4) is 0 Å². The Balaban J connectivity index is 1.98. The Morgan fingerprint density at radius 2 is 1.66 bits per heavy atom. The minimum atomic E-state index is -0.505. The highest BCUT2D eigenvalue weighted by Crippen LogP contribution is 2.29. The van der Waals surface area contributed by atoms with E-state index in [1.807, 2.05) is 69.3 Å². The van der Waals surface area contributed by atoms with Gasteiger partial charge >= 0.3 is 5.97 Å². The summed E-state index contributed by atoms with van der Waals surface area (Å²) in [6.45, 7) is 9.84. The summed E-state index contributed by atoms with van der Waals surface area (Å²) in [4.78, 5) is 24.3. The first-order valence-electron chi connectivity index (χ1n) is 11.2. The van der Waals surface area contributed by atoms with E-state index >= 15 is 0 Å². The highest BCUT2D eigenvalue weighted by molar-refractivity contribution is 5.96. The fourth-order valence-electron chi connectivity index (χ4n) is 3.42. The maximum absolute atomic E-state index is 12.5. The van der Waals surface area contributed by atoms with E-state index in [4.69, 9.17) is 10.00 Å². The third kappa shape index (κ3) is 7.85. The first-order valence-corrected chi connectivity index (χ1v) is 11.2. The van der Waals surface area contributed by atoms with Crippen molar-refractivity contribution in [3.05, 3.63) is 65.2 Å². The molecule has 2 rings (SSSR count). The number of hydrogen-bond donors (Lipinski definition) is 1. The molecular formula is C27H34N2O3. The van der Waals surface area contributed by atoms with Crippen LogP contribution in [0.2, 0.25) is 0 Å².